The van der Waals surface area contributed by atoms with Crippen LogP contribution in [0.4, 0.5) is 0 Å². The molecular formula is C3H10N4S2. The molecule has 0 radical (unpaired) electrons. The lowest BCUT2D eigenvalue weighted by molar-refractivity contribution is 0.0801. The Labute approximate surface area is 65.6 Å². The lowest BCUT2D eigenvalue weighted by Crippen LogP contribution is -2.51. The van der Waals surface area contributed by atoms with Gasteiger partial charge in [-0.3, -0.25) is 5.84 Å². The predicted octanol–water partition coefficient (Wildman–Crippen LogP) is -0.658. The highest BCUT2D eigenvalue weighted by molar-refractivity contribution is 7.78. The van der Waals surface area contributed by atoms with Gasteiger partial charge in [0.25, 0.3) is 0 Å². The van der Waals surface area contributed by atoms with Gasteiger partial charge in [0.05, 0.1) is 20.0 Å². The fraction of sp³-hybridized carbons (Fsp3) is 1.00. The van der Waals surface area contributed by atoms with Crippen molar-refractivity contribution in [3.63, 3.8) is 0 Å². The summed E-state index contributed by atoms with van der Waals surface area (Å²) in [6.07, 6.45) is 0. The Hall–Kier alpha value is 0.540. The molecule has 0 bridgehead atoms. The predicted molar refractivity (Wildman–Crippen MR) is 42.3 cm³/mol. The summed E-state index contributed by atoms with van der Waals surface area (Å²) >= 11 is 8.20. The van der Waals surface area contributed by atoms with E-state index in [1.54, 1.807) is 13.6 Å². The Bertz CT molecular complexity index is 74.8. The molecule has 1 heterocycles. The van der Waals surface area contributed by atoms with Gasteiger partial charge in [-0.1, -0.05) is 25.6 Å². The summed E-state index contributed by atoms with van der Waals surface area (Å²) in [6.45, 7) is 2.10. The molecule has 1 saturated heterocycles. The molecular weight excluding hydrogens is 156 g/mol. The molecule has 0 aromatic carbocycles. The summed E-state index contributed by atoms with van der Waals surface area (Å²) in [5, 5.41) is 1.63. The van der Waals surface area contributed by atoms with E-state index in [2.05, 4.69) is 25.6 Å². The summed E-state index contributed by atoms with van der Waals surface area (Å²) in [5.74, 6) is 5.47. The van der Waals surface area contributed by atoms with Crippen molar-refractivity contribution in [2.75, 3.05) is 20.0 Å². The van der Waals surface area contributed by atoms with Crippen molar-refractivity contribution >= 4 is 25.6 Å². The zero-order chi connectivity index (χ0) is 6.85. The second kappa shape index (κ2) is 3.09. The van der Waals surface area contributed by atoms with Crippen LogP contribution in [0.3, 0.4) is 0 Å². The van der Waals surface area contributed by atoms with Gasteiger partial charge in [0.1, 0.15) is 0 Å². The highest BCUT2D eigenvalue weighted by atomic mass is 32.1. The molecule has 1 aliphatic rings. The van der Waals surface area contributed by atoms with E-state index >= 15 is 0 Å². The molecule has 6 heteroatoms. The summed E-state index contributed by atoms with van der Waals surface area (Å²) in [5.41, 5.74) is 0. The number of nitrogens with two attached hydrogens (primary N) is 1. The Balaban J connectivity index is 2.34. The van der Waals surface area contributed by atoms with Crippen LogP contribution < -0.4 is 5.84 Å². The monoisotopic (exact) mass is 166 g/mol. The molecule has 2 N–H and O–H groups in total. The van der Waals surface area contributed by atoms with Crippen molar-refractivity contribution in [1.29, 1.82) is 0 Å². The SMILES string of the molecule is NN1CN(S)CN(S)C1. The highest BCUT2D eigenvalue weighted by Gasteiger charge is 2.15. The Morgan fingerprint density at radius 3 is 1.78 bits per heavy atom. The summed E-state index contributed by atoms with van der Waals surface area (Å²) in [6, 6.07) is 0. The van der Waals surface area contributed by atoms with Gasteiger partial charge >= 0.3 is 0 Å². The first-order chi connectivity index (χ1) is 4.18. The van der Waals surface area contributed by atoms with E-state index in [9.17, 15) is 0 Å². The fourth-order valence-corrected chi connectivity index (χ4v) is 1.47. The molecule has 0 amide bonds. The van der Waals surface area contributed by atoms with Crippen molar-refractivity contribution in [2.24, 2.45) is 5.84 Å². The molecule has 0 aliphatic carbocycles. The van der Waals surface area contributed by atoms with Gasteiger partial charge in [-0.15, -0.1) is 0 Å². The molecule has 0 unspecified atom stereocenters. The van der Waals surface area contributed by atoms with Crippen LogP contribution in [0.1, 0.15) is 0 Å². The van der Waals surface area contributed by atoms with Crippen LogP contribution in [0.2, 0.25) is 0 Å². The molecule has 1 rings (SSSR count). The maximum Gasteiger partial charge on any atom is 0.0767 e. The summed E-state index contributed by atoms with van der Waals surface area (Å²) < 4.78 is 3.55. The molecule has 0 spiro atoms. The zero-order valence-electron chi connectivity index (χ0n) is 4.93. The van der Waals surface area contributed by atoms with Crippen LogP contribution in [0.5, 0.6) is 0 Å². The maximum absolute atomic E-state index is 5.47. The molecule has 0 saturated carbocycles. The normalized spacial score (nSPS) is 27.0. The van der Waals surface area contributed by atoms with Crippen molar-refractivity contribution < 1.29 is 0 Å². The van der Waals surface area contributed by atoms with Gasteiger partial charge < -0.3 is 0 Å². The third-order valence-corrected chi connectivity index (χ3v) is 1.52. The Kier molecular flexibility index (Phi) is 2.62. The molecule has 0 aromatic heterocycles. The summed E-state index contributed by atoms with van der Waals surface area (Å²) in [7, 11) is 0. The summed E-state index contributed by atoms with van der Waals surface area (Å²) in [4.78, 5) is 0. The second-order valence-corrected chi connectivity index (χ2v) is 3.16. The molecule has 0 atom stereocenters. The second-order valence-electron chi connectivity index (χ2n) is 2.03. The third-order valence-electron chi connectivity index (χ3n) is 1.02. The first-order valence-corrected chi connectivity index (χ1v) is 3.36. The van der Waals surface area contributed by atoms with Gasteiger partial charge in [0, 0.05) is 0 Å². The maximum atomic E-state index is 5.47. The minimum Gasteiger partial charge on any atom is -0.266 e. The minimum atomic E-state index is 0.681. The van der Waals surface area contributed by atoms with Crippen LogP contribution >= 0.6 is 25.6 Å². The minimum absolute atomic E-state index is 0.681. The quantitative estimate of drug-likeness (QED) is 0.330. The fourth-order valence-electron chi connectivity index (χ4n) is 0.742. The standard InChI is InChI=1S/C3H10N4S2/c4-5-1-6(8)3-7(9)2-5/h8-9H,1-4H2. The van der Waals surface area contributed by atoms with E-state index in [4.69, 9.17) is 5.84 Å². The zero-order valence-corrected chi connectivity index (χ0v) is 6.72. The average molecular weight is 166 g/mol. The van der Waals surface area contributed by atoms with E-state index in [0.29, 0.717) is 13.3 Å². The topological polar surface area (TPSA) is 35.7 Å². The number of rotatable bonds is 0. The molecule has 1 fully saturated rings. The van der Waals surface area contributed by atoms with E-state index in [-0.39, 0.29) is 0 Å². The van der Waals surface area contributed by atoms with E-state index < -0.39 is 0 Å². The highest BCUT2D eigenvalue weighted by Crippen LogP contribution is 2.06. The Morgan fingerprint density at radius 2 is 1.44 bits per heavy atom. The lowest BCUT2D eigenvalue weighted by atomic mass is 10.7. The Morgan fingerprint density at radius 1 is 1.00 bits per heavy atom. The number of nitrogens with zero attached hydrogens (tertiary/aromatic N) is 3. The smallest absolute Gasteiger partial charge is 0.0767 e. The average Bonchev–Trinajstić information content (AvgIpc) is 1.59. The van der Waals surface area contributed by atoms with Crippen LogP contribution in [0.25, 0.3) is 0 Å². The lowest BCUT2D eigenvalue weighted by Gasteiger charge is -2.34. The van der Waals surface area contributed by atoms with E-state index in [1.165, 1.54) is 0 Å². The molecule has 0 aromatic rings. The third kappa shape index (κ3) is 2.32. The van der Waals surface area contributed by atoms with Gasteiger partial charge in [0.15, 0.2) is 0 Å². The first kappa shape index (κ1) is 7.64. The number of thiol groups is 2. The van der Waals surface area contributed by atoms with Crippen molar-refractivity contribution in [1.82, 2.24) is 13.6 Å². The van der Waals surface area contributed by atoms with Crippen molar-refractivity contribution in [3.05, 3.63) is 0 Å². The molecule has 54 valence electrons. The van der Waals surface area contributed by atoms with Crippen LogP contribution in [0.15, 0.2) is 0 Å². The number of hydrogen-bond acceptors (Lipinski definition) is 6. The number of hydrazine groups is 1. The van der Waals surface area contributed by atoms with Gasteiger partial charge in [-0.05, 0) is 0 Å². The number of hydrogen-bond donors (Lipinski definition) is 3. The first-order valence-electron chi connectivity index (χ1n) is 2.56. The van der Waals surface area contributed by atoms with Crippen LogP contribution in [0, 0.1) is 0 Å². The van der Waals surface area contributed by atoms with E-state index in [0.717, 1.165) is 6.67 Å². The largest absolute Gasteiger partial charge is 0.266 e. The van der Waals surface area contributed by atoms with Crippen molar-refractivity contribution in [2.45, 2.75) is 0 Å². The molecule has 4 nitrogen and oxygen atoms in total. The van der Waals surface area contributed by atoms with Gasteiger partial charge in [-0.25, -0.2) is 13.6 Å². The van der Waals surface area contributed by atoms with Gasteiger partial charge in [0.2, 0.25) is 0 Å². The van der Waals surface area contributed by atoms with Crippen LogP contribution in [-0.2, 0) is 0 Å². The molecule has 1 aliphatic heterocycles. The van der Waals surface area contributed by atoms with E-state index in [1.807, 2.05) is 0 Å². The molecule has 9 heavy (non-hydrogen) atoms. The van der Waals surface area contributed by atoms with Crippen molar-refractivity contribution in [3.8, 4) is 0 Å². The van der Waals surface area contributed by atoms with Gasteiger partial charge in [-0.2, -0.15) is 0 Å². The van der Waals surface area contributed by atoms with Crippen LogP contribution in [-0.4, -0.2) is 33.6 Å².